The molecular formula is C20H14BrN3OS. The van der Waals surface area contributed by atoms with Crippen LogP contribution < -0.4 is 5.32 Å². The number of amides is 1. The number of benzene rings is 2. The Labute approximate surface area is 164 Å². The number of carbonyl (C=O) groups is 1. The van der Waals surface area contributed by atoms with Crippen LogP contribution in [0.3, 0.4) is 0 Å². The van der Waals surface area contributed by atoms with E-state index in [0.29, 0.717) is 5.13 Å². The molecule has 0 saturated carbocycles. The molecule has 0 spiro atoms. The van der Waals surface area contributed by atoms with Gasteiger partial charge in [0.1, 0.15) is 11.6 Å². The summed E-state index contributed by atoms with van der Waals surface area (Å²) in [7, 11) is 0. The van der Waals surface area contributed by atoms with Gasteiger partial charge in [-0.1, -0.05) is 58.4 Å². The topological polar surface area (TPSA) is 65.8 Å². The van der Waals surface area contributed by atoms with Gasteiger partial charge in [-0.3, -0.25) is 10.1 Å². The maximum Gasteiger partial charge on any atom is 0.268 e. The minimum Gasteiger partial charge on any atom is -0.297 e. The number of hydrogen-bond donors (Lipinski definition) is 1. The maximum absolute atomic E-state index is 12.3. The van der Waals surface area contributed by atoms with Gasteiger partial charge in [-0.2, -0.15) is 5.26 Å². The van der Waals surface area contributed by atoms with Gasteiger partial charge >= 0.3 is 0 Å². The van der Waals surface area contributed by atoms with E-state index in [2.05, 4.69) is 26.2 Å². The van der Waals surface area contributed by atoms with Crippen molar-refractivity contribution < 1.29 is 4.79 Å². The zero-order chi connectivity index (χ0) is 18.4. The summed E-state index contributed by atoms with van der Waals surface area (Å²) in [6.07, 6.45) is 4.05. The van der Waals surface area contributed by atoms with Crippen molar-refractivity contribution in [3.8, 4) is 6.07 Å². The maximum atomic E-state index is 12.3. The van der Waals surface area contributed by atoms with Crippen LogP contribution in [-0.2, 0) is 11.2 Å². The highest BCUT2D eigenvalue weighted by molar-refractivity contribution is 9.10. The first-order chi connectivity index (χ1) is 12.6. The molecule has 0 fully saturated rings. The molecule has 4 nitrogen and oxygen atoms in total. The highest BCUT2D eigenvalue weighted by Gasteiger charge is 2.12. The monoisotopic (exact) mass is 423 g/mol. The van der Waals surface area contributed by atoms with Crippen LogP contribution in [0.2, 0.25) is 0 Å². The lowest BCUT2D eigenvalue weighted by molar-refractivity contribution is -0.112. The standard InChI is InChI=1S/C20H14BrN3OS/c21-17-8-6-15(7-9-17)11-18-13-23-20(26-18)24-19(25)16(12-22)10-14-4-2-1-3-5-14/h1-10,13H,11H2,(H,23,24,25)/b16-10-. The number of nitriles is 1. The van der Waals surface area contributed by atoms with E-state index in [0.717, 1.165) is 26.9 Å². The second-order valence-electron chi connectivity index (χ2n) is 5.47. The third kappa shape index (κ3) is 4.88. The van der Waals surface area contributed by atoms with Crippen molar-refractivity contribution in [2.24, 2.45) is 0 Å². The van der Waals surface area contributed by atoms with Crippen LogP contribution >= 0.6 is 27.3 Å². The lowest BCUT2D eigenvalue weighted by atomic mass is 10.1. The Morgan fingerprint density at radius 3 is 2.62 bits per heavy atom. The van der Waals surface area contributed by atoms with Gasteiger partial charge in [-0.25, -0.2) is 4.98 Å². The number of nitrogens with one attached hydrogen (secondary N) is 1. The summed E-state index contributed by atoms with van der Waals surface area (Å²) < 4.78 is 1.03. The highest BCUT2D eigenvalue weighted by atomic mass is 79.9. The molecule has 3 aromatic rings. The molecule has 0 radical (unpaired) electrons. The molecule has 128 valence electrons. The van der Waals surface area contributed by atoms with Gasteiger partial charge in [0, 0.05) is 22.0 Å². The molecule has 0 unspecified atom stereocenters. The van der Waals surface area contributed by atoms with Gasteiger partial charge in [0.2, 0.25) is 0 Å². The molecule has 3 rings (SSSR count). The fourth-order valence-corrected chi connectivity index (χ4v) is 3.39. The smallest absolute Gasteiger partial charge is 0.268 e. The van der Waals surface area contributed by atoms with E-state index in [-0.39, 0.29) is 5.57 Å². The van der Waals surface area contributed by atoms with Crippen LogP contribution in [0.25, 0.3) is 6.08 Å². The summed E-state index contributed by atoms with van der Waals surface area (Å²) in [4.78, 5) is 17.6. The van der Waals surface area contributed by atoms with Crippen molar-refractivity contribution in [1.29, 1.82) is 5.26 Å². The van der Waals surface area contributed by atoms with E-state index >= 15 is 0 Å². The summed E-state index contributed by atoms with van der Waals surface area (Å²) in [6.45, 7) is 0. The van der Waals surface area contributed by atoms with Crippen LogP contribution in [-0.4, -0.2) is 10.9 Å². The van der Waals surface area contributed by atoms with Crippen LogP contribution in [0, 0.1) is 11.3 Å². The molecule has 6 heteroatoms. The Kier molecular flexibility index (Phi) is 5.95. The van der Waals surface area contributed by atoms with E-state index in [1.807, 2.05) is 60.7 Å². The third-order valence-corrected chi connectivity index (χ3v) is 4.98. The molecule has 0 atom stereocenters. The van der Waals surface area contributed by atoms with Crippen molar-refractivity contribution in [2.45, 2.75) is 6.42 Å². The number of halogens is 1. The van der Waals surface area contributed by atoms with Crippen molar-refractivity contribution in [1.82, 2.24) is 4.98 Å². The average Bonchev–Trinajstić information content (AvgIpc) is 3.09. The van der Waals surface area contributed by atoms with Crippen molar-refractivity contribution in [2.75, 3.05) is 5.32 Å². The predicted molar refractivity (Wildman–Crippen MR) is 108 cm³/mol. The van der Waals surface area contributed by atoms with E-state index in [1.165, 1.54) is 11.3 Å². The molecule has 2 aromatic carbocycles. The molecule has 1 amide bonds. The number of anilines is 1. The first-order valence-corrected chi connectivity index (χ1v) is 9.42. The Hall–Kier alpha value is -2.75. The predicted octanol–water partition coefficient (Wildman–Crippen LogP) is 5.04. The summed E-state index contributed by atoms with van der Waals surface area (Å²) in [6, 6.07) is 19.3. The van der Waals surface area contributed by atoms with Crippen LogP contribution in [0.1, 0.15) is 16.0 Å². The fourth-order valence-electron chi connectivity index (χ4n) is 2.28. The van der Waals surface area contributed by atoms with Gasteiger partial charge in [-0.15, -0.1) is 11.3 Å². The van der Waals surface area contributed by atoms with Crippen LogP contribution in [0.5, 0.6) is 0 Å². The van der Waals surface area contributed by atoms with Crippen molar-refractivity contribution in [3.05, 3.63) is 86.8 Å². The second-order valence-corrected chi connectivity index (χ2v) is 7.50. The largest absolute Gasteiger partial charge is 0.297 e. The Morgan fingerprint density at radius 1 is 1.19 bits per heavy atom. The number of rotatable bonds is 5. The summed E-state index contributed by atoms with van der Waals surface area (Å²) in [5.74, 6) is -0.458. The molecule has 1 aromatic heterocycles. The second kappa shape index (κ2) is 8.56. The number of aromatic nitrogens is 1. The first kappa shape index (κ1) is 18.1. The summed E-state index contributed by atoms with van der Waals surface area (Å²) >= 11 is 4.82. The van der Waals surface area contributed by atoms with Crippen molar-refractivity contribution >= 4 is 44.4 Å². The van der Waals surface area contributed by atoms with Gasteiger partial charge in [-0.05, 0) is 29.3 Å². The Balaban J connectivity index is 1.68. The van der Waals surface area contributed by atoms with Gasteiger partial charge < -0.3 is 0 Å². The van der Waals surface area contributed by atoms with Gasteiger partial charge in [0.25, 0.3) is 5.91 Å². The Morgan fingerprint density at radius 2 is 1.92 bits per heavy atom. The van der Waals surface area contributed by atoms with E-state index in [4.69, 9.17) is 0 Å². The van der Waals surface area contributed by atoms with E-state index in [1.54, 1.807) is 12.3 Å². The zero-order valence-corrected chi connectivity index (χ0v) is 16.0. The lowest BCUT2D eigenvalue weighted by Gasteiger charge is -2.00. The lowest BCUT2D eigenvalue weighted by Crippen LogP contribution is -2.13. The van der Waals surface area contributed by atoms with E-state index < -0.39 is 5.91 Å². The molecule has 1 heterocycles. The SMILES string of the molecule is N#C/C(=C/c1ccccc1)C(=O)Nc1ncc(Cc2ccc(Br)cc2)s1. The van der Waals surface area contributed by atoms with Crippen LogP contribution in [0.15, 0.2) is 70.8 Å². The minimum absolute atomic E-state index is 0.0425. The van der Waals surface area contributed by atoms with Gasteiger partial charge in [0.15, 0.2) is 5.13 Å². The molecule has 0 bridgehead atoms. The third-order valence-electron chi connectivity index (χ3n) is 3.54. The van der Waals surface area contributed by atoms with Gasteiger partial charge in [0.05, 0.1) is 0 Å². The number of carbonyl (C=O) groups excluding carboxylic acids is 1. The molecule has 1 N–H and O–H groups in total. The molecule has 0 saturated heterocycles. The van der Waals surface area contributed by atoms with E-state index in [9.17, 15) is 10.1 Å². The number of thiazole rings is 1. The normalized spacial score (nSPS) is 11.0. The fraction of sp³-hybridized carbons (Fsp3) is 0.0500. The average molecular weight is 424 g/mol. The molecule has 0 aliphatic carbocycles. The highest BCUT2D eigenvalue weighted by Crippen LogP contribution is 2.22. The summed E-state index contributed by atoms with van der Waals surface area (Å²) in [5, 5.41) is 12.4. The molecule has 26 heavy (non-hydrogen) atoms. The van der Waals surface area contributed by atoms with Crippen molar-refractivity contribution in [3.63, 3.8) is 0 Å². The first-order valence-electron chi connectivity index (χ1n) is 7.81. The quantitative estimate of drug-likeness (QED) is 0.461. The number of hydrogen-bond acceptors (Lipinski definition) is 4. The molecular weight excluding hydrogens is 410 g/mol. The summed E-state index contributed by atoms with van der Waals surface area (Å²) in [5.41, 5.74) is 2.01. The van der Waals surface area contributed by atoms with Crippen LogP contribution in [0.4, 0.5) is 5.13 Å². The minimum atomic E-state index is -0.458. The number of nitrogens with zero attached hydrogens (tertiary/aromatic N) is 2. The molecule has 0 aliphatic rings. The Bertz CT molecular complexity index is 972. The zero-order valence-electron chi connectivity index (χ0n) is 13.6. The molecule has 0 aliphatic heterocycles.